The van der Waals surface area contributed by atoms with Gasteiger partial charge in [-0.15, -0.1) is 0 Å². The molecule has 2 atom stereocenters. The number of hydrogen-bond donors (Lipinski definition) is 1. The highest BCUT2D eigenvalue weighted by atomic mass is 32.2. The summed E-state index contributed by atoms with van der Waals surface area (Å²) < 4.78 is 41.1. The molecule has 1 heterocycles. The fraction of sp³-hybridized carbons (Fsp3) is 0.857. The van der Waals surface area contributed by atoms with E-state index in [1.807, 2.05) is 0 Å². The number of carbonyl (C=O) groups excluding carboxylic acids is 1. The van der Waals surface area contributed by atoms with E-state index in [1.165, 1.54) is 0 Å². The van der Waals surface area contributed by atoms with E-state index in [2.05, 4.69) is 10.1 Å². The van der Waals surface area contributed by atoms with Gasteiger partial charge in [0.1, 0.15) is 12.1 Å². The molecule has 3 nitrogen and oxygen atoms in total. The van der Waals surface area contributed by atoms with Gasteiger partial charge in [0.05, 0.1) is 7.11 Å². The molecule has 0 aromatic rings. The minimum absolute atomic E-state index is 0.0585. The molecule has 14 heavy (non-hydrogen) atoms. The summed E-state index contributed by atoms with van der Waals surface area (Å²) in [6, 6.07) is -2.48. The molecular formula is C7H10F3NO2S. The summed E-state index contributed by atoms with van der Waals surface area (Å²) in [7, 11) is 1.16. The van der Waals surface area contributed by atoms with E-state index in [9.17, 15) is 18.0 Å². The van der Waals surface area contributed by atoms with Crippen molar-refractivity contribution >= 4 is 17.7 Å². The van der Waals surface area contributed by atoms with Crippen LogP contribution in [-0.2, 0) is 9.53 Å². The van der Waals surface area contributed by atoms with Crippen LogP contribution in [0.15, 0.2) is 0 Å². The Labute approximate surface area is 83.4 Å². The molecule has 1 aliphatic rings. The Hall–Kier alpha value is -0.430. The van der Waals surface area contributed by atoms with Gasteiger partial charge in [0.25, 0.3) is 0 Å². The molecule has 82 valence electrons. The maximum Gasteiger partial charge on any atom is 0.404 e. The van der Waals surface area contributed by atoms with Gasteiger partial charge in [-0.3, -0.25) is 10.1 Å². The quantitative estimate of drug-likeness (QED) is 0.675. The van der Waals surface area contributed by atoms with Gasteiger partial charge in [-0.05, 0) is 0 Å². The molecule has 1 fully saturated rings. The van der Waals surface area contributed by atoms with E-state index in [1.54, 1.807) is 0 Å². The third-order valence-electron chi connectivity index (χ3n) is 1.85. The summed E-state index contributed by atoms with van der Waals surface area (Å²) in [5.74, 6) is -0.387. The second kappa shape index (κ2) is 4.39. The Morgan fingerprint density at radius 1 is 1.50 bits per heavy atom. The highest BCUT2D eigenvalue weighted by Crippen LogP contribution is 2.27. The summed E-state index contributed by atoms with van der Waals surface area (Å²) in [5, 5.41) is 2.22. The van der Waals surface area contributed by atoms with Gasteiger partial charge in [0.15, 0.2) is 0 Å². The first-order valence-electron chi connectivity index (χ1n) is 3.93. The first kappa shape index (κ1) is 11.6. The molecule has 0 radical (unpaired) electrons. The van der Waals surface area contributed by atoms with Crippen molar-refractivity contribution in [1.82, 2.24) is 5.32 Å². The zero-order valence-corrected chi connectivity index (χ0v) is 8.24. The van der Waals surface area contributed by atoms with Crippen molar-refractivity contribution in [1.29, 1.82) is 0 Å². The number of methoxy groups -OCH3 is 1. The van der Waals surface area contributed by atoms with Crippen molar-refractivity contribution < 1.29 is 22.7 Å². The van der Waals surface area contributed by atoms with Crippen LogP contribution in [0.5, 0.6) is 0 Å². The van der Waals surface area contributed by atoms with Crippen LogP contribution in [0.3, 0.4) is 0 Å². The van der Waals surface area contributed by atoms with E-state index in [4.69, 9.17) is 0 Å². The van der Waals surface area contributed by atoms with E-state index in [-0.39, 0.29) is 5.75 Å². The van der Waals surface area contributed by atoms with Crippen molar-refractivity contribution in [3.63, 3.8) is 0 Å². The molecule has 1 aliphatic heterocycles. The van der Waals surface area contributed by atoms with Gasteiger partial charge in [-0.25, -0.2) is 0 Å². The van der Waals surface area contributed by atoms with Gasteiger partial charge in [-0.1, -0.05) is 0 Å². The third-order valence-corrected chi connectivity index (χ3v) is 2.99. The molecule has 0 aliphatic carbocycles. The molecule has 0 aromatic carbocycles. The van der Waals surface area contributed by atoms with E-state index >= 15 is 0 Å². The predicted octanol–water partition coefficient (Wildman–Crippen LogP) is 0.795. The number of ether oxygens (including phenoxy) is 1. The second-order valence-corrected chi connectivity index (χ2v) is 3.95. The Bertz CT molecular complexity index is 221. The summed E-state index contributed by atoms with van der Waals surface area (Å²) in [5.41, 5.74) is 0. The van der Waals surface area contributed by atoms with Crippen LogP contribution in [0.25, 0.3) is 0 Å². The SMILES string of the molecule is COC(=O)C1CSCC(C(F)(F)F)N1. The van der Waals surface area contributed by atoms with Gasteiger partial charge >= 0.3 is 12.1 Å². The molecule has 7 heteroatoms. The van der Waals surface area contributed by atoms with Gasteiger partial charge in [0.2, 0.25) is 0 Å². The minimum atomic E-state index is -4.31. The molecule has 0 amide bonds. The summed E-state index contributed by atoms with van der Waals surface area (Å²) in [4.78, 5) is 11.0. The standard InChI is InChI=1S/C7H10F3NO2S/c1-13-6(12)4-2-14-3-5(11-4)7(8,9)10/h4-5,11H,2-3H2,1H3. The van der Waals surface area contributed by atoms with Crippen molar-refractivity contribution in [2.24, 2.45) is 0 Å². The Kier molecular flexibility index (Phi) is 3.65. The van der Waals surface area contributed by atoms with Crippen LogP contribution in [0, 0.1) is 0 Å². The molecule has 1 saturated heterocycles. The first-order chi connectivity index (χ1) is 6.45. The normalized spacial score (nSPS) is 28.6. The topological polar surface area (TPSA) is 38.3 Å². The number of alkyl halides is 3. The summed E-state index contributed by atoms with van der Waals surface area (Å²) in [6.45, 7) is 0. The van der Waals surface area contributed by atoms with Crippen molar-refractivity contribution in [3.05, 3.63) is 0 Å². The third kappa shape index (κ3) is 2.78. The van der Waals surface area contributed by atoms with Crippen LogP contribution in [-0.4, -0.2) is 42.8 Å². The number of nitrogens with one attached hydrogen (secondary N) is 1. The van der Waals surface area contributed by atoms with Gasteiger partial charge in [0, 0.05) is 11.5 Å². The fourth-order valence-electron chi connectivity index (χ4n) is 1.11. The van der Waals surface area contributed by atoms with Crippen LogP contribution in [0.2, 0.25) is 0 Å². The highest BCUT2D eigenvalue weighted by Gasteiger charge is 2.43. The Morgan fingerprint density at radius 2 is 2.14 bits per heavy atom. The number of thioether (sulfide) groups is 1. The highest BCUT2D eigenvalue weighted by molar-refractivity contribution is 7.99. The monoisotopic (exact) mass is 229 g/mol. The van der Waals surface area contributed by atoms with E-state index < -0.39 is 24.2 Å². The summed E-state index contributed by atoms with van der Waals surface area (Å²) in [6.07, 6.45) is -4.31. The Balaban J connectivity index is 2.56. The zero-order valence-electron chi connectivity index (χ0n) is 7.43. The van der Waals surface area contributed by atoms with Crippen molar-refractivity contribution in [2.75, 3.05) is 18.6 Å². The molecule has 1 N–H and O–H groups in total. The molecular weight excluding hydrogens is 219 g/mol. The zero-order chi connectivity index (χ0) is 10.8. The molecule has 1 rings (SSSR count). The second-order valence-electron chi connectivity index (χ2n) is 2.87. The Morgan fingerprint density at radius 3 is 2.64 bits per heavy atom. The number of halogens is 3. The first-order valence-corrected chi connectivity index (χ1v) is 5.09. The van der Waals surface area contributed by atoms with Gasteiger partial charge < -0.3 is 4.74 Å². The van der Waals surface area contributed by atoms with Crippen LogP contribution in [0.4, 0.5) is 13.2 Å². The average Bonchev–Trinajstić information content (AvgIpc) is 2.15. The lowest BCUT2D eigenvalue weighted by Gasteiger charge is -2.30. The molecule has 0 aromatic heterocycles. The lowest BCUT2D eigenvalue weighted by Crippen LogP contribution is -2.56. The number of hydrogen-bond acceptors (Lipinski definition) is 4. The summed E-state index contributed by atoms with van der Waals surface area (Å²) >= 11 is 1.10. The number of esters is 1. The predicted molar refractivity (Wildman–Crippen MR) is 46.1 cm³/mol. The minimum Gasteiger partial charge on any atom is -0.468 e. The molecule has 0 saturated carbocycles. The average molecular weight is 229 g/mol. The molecule has 0 spiro atoms. The number of carbonyl (C=O) groups is 1. The maximum absolute atomic E-state index is 12.3. The van der Waals surface area contributed by atoms with Crippen molar-refractivity contribution in [3.8, 4) is 0 Å². The van der Waals surface area contributed by atoms with Crippen molar-refractivity contribution in [2.45, 2.75) is 18.3 Å². The van der Waals surface area contributed by atoms with Crippen LogP contribution >= 0.6 is 11.8 Å². The smallest absolute Gasteiger partial charge is 0.404 e. The molecule has 0 bridgehead atoms. The van der Waals surface area contributed by atoms with E-state index in [0.29, 0.717) is 5.75 Å². The molecule has 2 unspecified atom stereocenters. The fourth-order valence-corrected chi connectivity index (χ4v) is 2.24. The van der Waals surface area contributed by atoms with E-state index in [0.717, 1.165) is 18.9 Å². The largest absolute Gasteiger partial charge is 0.468 e. The lowest BCUT2D eigenvalue weighted by molar-refractivity contribution is -0.158. The van der Waals surface area contributed by atoms with Gasteiger partial charge in [-0.2, -0.15) is 24.9 Å². The maximum atomic E-state index is 12.3. The number of rotatable bonds is 1. The lowest BCUT2D eigenvalue weighted by atomic mass is 10.2. The van der Waals surface area contributed by atoms with Crippen LogP contribution in [0.1, 0.15) is 0 Å². The van der Waals surface area contributed by atoms with Crippen LogP contribution < -0.4 is 5.32 Å².